The van der Waals surface area contributed by atoms with Crippen molar-refractivity contribution in [2.45, 2.75) is 30.7 Å². The Morgan fingerprint density at radius 3 is 2.63 bits per heavy atom. The van der Waals surface area contributed by atoms with Crippen LogP contribution in [-0.4, -0.2) is 39.8 Å². The number of hydrogen-bond donors (Lipinski definition) is 1. The maximum absolute atomic E-state index is 11.7. The normalized spacial score (nSPS) is 20.6. The quantitative estimate of drug-likeness (QED) is 0.839. The number of halogens is 1. The van der Waals surface area contributed by atoms with Gasteiger partial charge in [-0.3, -0.25) is 4.79 Å². The summed E-state index contributed by atoms with van der Waals surface area (Å²) in [6, 6.07) is 8.88. The van der Waals surface area contributed by atoms with Gasteiger partial charge in [0.1, 0.15) is 6.04 Å². The molecule has 19 heavy (non-hydrogen) atoms. The number of aryl methyl sites for hydroxylation is 1. The van der Waals surface area contributed by atoms with Gasteiger partial charge in [-0.1, -0.05) is 30.3 Å². The van der Waals surface area contributed by atoms with E-state index in [0.29, 0.717) is 19.4 Å². The molecule has 2 atom stereocenters. The average molecular weight is 282 g/mol. The van der Waals surface area contributed by atoms with Crippen LogP contribution in [0.25, 0.3) is 0 Å². The highest BCUT2D eigenvalue weighted by Crippen LogP contribution is 2.21. The van der Waals surface area contributed by atoms with Crippen LogP contribution in [0.2, 0.25) is 0 Å². The molecule has 1 saturated heterocycles. The Bertz CT molecular complexity index is 463. The van der Waals surface area contributed by atoms with E-state index in [1.165, 1.54) is 4.90 Å². The number of amides is 1. The fraction of sp³-hybridized carbons (Fsp3) is 0.429. The second-order valence-electron chi connectivity index (χ2n) is 4.73. The van der Waals surface area contributed by atoms with E-state index in [0.717, 1.165) is 5.56 Å². The summed E-state index contributed by atoms with van der Waals surface area (Å²) in [5, 5.41) is 9.01. The number of carboxylic acid groups (broad SMARTS) is 1. The standard InChI is InChI=1S/C14H16ClNO3/c15-11-8-13(17)16(9-11)12(14(18)19)7-6-10-4-2-1-3-5-10/h1-5,11-12H,6-9H2,(H,18,19). The van der Waals surface area contributed by atoms with Gasteiger partial charge in [-0.25, -0.2) is 4.79 Å². The average Bonchev–Trinajstić information content (AvgIpc) is 2.70. The summed E-state index contributed by atoms with van der Waals surface area (Å²) in [6.45, 7) is 0.326. The Morgan fingerprint density at radius 1 is 1.42 bits per heavy atom. The Hall–Kier alpha value is -1.55. The van der Waals surface area contributed by atoms with Crippen LogP contribution in [0.4, 0.5) is 0 Å². The van der Waals surface area contributed by atoms with Gasteiger partial charge in [-0.15, -0.1) is 11.6 Å². The number of hydrogen-bond acceptors (Lipinski definition) is 2. The van der Waals surface area contributed by atoms with Crippen molar-refractivity contribution in [2.24, 2.45) is 0 Å². The number of rotatable bonds is 5. The van der Waals surface area contributed by atoms with Crippen LogP contribution in [0.5, 0.6) is 0 Å². The van der Waals surface area contributed by atoms with E-state index >= 15 is 0 Å². The molecule has 0 radical (unpaired) electrons. The molecular formula is C14H16ClNO3. The van der Waals surface area contributed by atoms with Crippen molar-refractivity contribution < 1.29 is 14.7 Å². The van der Waals surface area contributed by atoms with Crippen LogP contribution in [0, 0.1) is 0 Å². The van der Waals surface area contributed by atoms with Crippen LogP contribution >= 0.6 is 11.6 Å². The summed E-state index contributed by atoms with van der Waals surface area (Å²) < 4.78 is 0. The SMILES string of the molecule is O=C(O)C(CCc1ccccc1)N1CC(Cl)CC1=O. The first-order valence-corrected chi connectivity index (χ1v) is 6.72. The maximum atomic E-state index is 11.7. The number of benzene rings is 1. The summed E-state index contributed by atoms with van der Waals surface area (Å²) >= 11 is 5.91. The second kappa shape index (κ2) is 6.06. The number of likely N-dealkylation sites (tertiary alicyclic amines) is 1. The zero-order valence-corrected chi connectivity index (χ0v) is 11.2. The van der Waals surface area contributed by atoms with Gasteiger partial charge >= 0.3 is 5.97 Å². The summed E-state index contributed by atoms with van der Waals surface area (Å²) in [5.74, 6) is -1.13. The molecule has 1 N–H and O–H groups in total. The molecule has 1 aromatic carbocycles. The van der Waals surface area contributed by atoms with Crippen LogP contribution in [-0.2, 0) is 16.0 Å². The highest BCUT2D eigenvalue weighted by molar-refractivity contribution is 6.22. The minimum atomic E-state index is -0.963. The van der Waals surface area contributed by atoms with E-state index in [-0.39, 0.29) is 17.7 Å². The molecule has 4 nitrogen and oxygen atoms in total. The van der Waals surface area contributed by atoms with Gasteiger partial charge in [0.15, 0.2) is 0 Å². The van der Waals surface area contributed by atoms with Crippen LogP contribution < -0.4 is 0 Å². The van der Waals surface area contributed by atoms with Crippen molar-refractivity contribution in [2.75, 3.05) is 6.54 Å². The molecule has 1 aliphatic rings. The number of nitrogens with zero attached hydrogens (tertiary/aromatic N) is 1. The third kappa shape index (κ3) is 3.47. The van der Waals surface area contributed by atoms with Crippen molar-refractivity contribution in [3.05, 3.63) is 35.9 Å². The topological polar surface area (TPSA) is 57.6 Å². The zero-order valence-electron chi connectivity index (χ0n) is 10.5. The van der Waals surface area contributed by atoms with E-state index in [1.54, 1.807) is 0 Å². The van der Waals surface area contributed by atoms with E-state index in [4.69, 9.17) is 11.6 Å². The molecule has 1 amide bonds. The first kappa shape index (κ1) is 13.9. The van der Waals surface area contributed by atoms with E-state index in [1.807, 2.05) is 30.3 Å². The zero-order chi connectivity index (χ0) is 13.8. The number of carbonyl (C=O) groups excluding carboxylic acids is 1. The number of carboxylic acids is 1. The molecule has 1 aromatic rings. The minimum Gasteiger partial charge on any atom is -0.480 e. The van der Waals surface area contributed by atoms with Crippen molar-refractivity contribution in [3.63, 3.8) is 0 Å². The summed E-state index contributed by atoms with van der Waals surface area (Å²) in [7, 11) is 0. The largest absolute Gasteiger partial charge is 0.480 e. The lowest BCUT2D eigenvalue weighted by Crippen LogP contribution is -2.42. The van der Waals surface area contributed by atoms with Crippen LogP contribution in [0.15, 0.2) is 30.3 Å². The van der Waals surface area contributed by atoms with Crippen LogP contribution in [0.3, 0.4) is 0 Å². The van der Waals surface area contributed by atoms with Gasteiger partial charge in [0.2, 0.25) is 5.91 Å². The Balaban J connectivity index is 2.01. The lowest BCUT2D eigenvalue weighted by atomic mass is 10.0. The van der Waals surface area contributed by atoms with Gasteiger partial charge in [-0.05, 0) is 18.4 Å². The van der Waals surface area contributed by atoms with Crippen molar-refractivity contribution in [3.8, 4) is 0 Å². The van der Waals surface area contributed by atoms with E-state index in [9.17, 15) is 14.7 Å². The van der Waals surface area contributed by atoms with E-state index in [2.05, 4.69) is 0 Å². The predicted molar refractivity (Wildman–Crippen MR) is 72.2 cm³/mol. The highest BCUT2D eigenvalue weighted by atomic mass is 35.5. The van der Waals surface area contributed by atoms with Gasteiger partial charge < -0.3 is 10.0 Å². The molecule has 1 aliphatic heterocycles. The third-order valence-corrected chi connectivity index (χ3v) is 3.61. The molecule has 0 bridgehead atoms. The number of aliphatic carboxylic acids is 1. The second-order valence-corrected chi connectivity index (χ2v) is 5.34. The Labute approximate surface area is 117 Å². The third-order valence-electron chi connectivity index (χ3n) is 3.32. The van der Waals surface area contributed by atoms with Gasteiger partial charge in [0.25, 0.3) is 0 Å². The monoisotopic (exact) mass is 281 g/mol. The number of alkyl halides is 1. The first-order chi connectivity index (χ1) is 9.08. The molecule has 2 rings (SSSR count). The smallest absolute Gasteiger partial charge is 0.326 e. The lowest BCUT2D eigenvalue weighted by Gasteiger charge is -2.24. The molecule has 0 aromatic heterocycles. The molecule has 5 heteroatoms. The molecular weight excluding hydrogens is 266 g/mol. The highest BCUT2D eigenvalue weighted by Gasteiger charge is 2.36. The summed E-state index contributed by atoms with van der Waals surface area (Å²) in [4.78, 5) is 24.4. The minimum absolute atomic E-state index is 0.166. The molecule has 102 valence electrons. The van der Waals surface area contributed by atoms with E-state index < -0.39 is 12.0 Å². The molecule has 1 heterocycles. The Kier molecular flexibility index (Phi) is 4.43. The lowest BCUT2D eigenvalue weighted by molar-refractivity contribution is -0.148. The fourth-order valence-electron chi connectivity index (χ4n) is 2.35. The molecule has 0 spiro atoms. The van der Waals surface area contributed by atoms with Crippen LogP contribution in [0.1, 0.15) is 18.4 Å². The molecule has 1 fully saturated rings. The number of carbonyl (C=O) groups is 2. The molecule has 2 unspecified atom stereocenters. The summed E-state index contributed by atoms with van der Waals surface area (Å²) in [6.07, 6.45) is 1.28. The maximum Gasteiger partial charge on any atom is 0.326 e. The van der Waals surface area contributed by atoms with Gasteiger partial charge in [-0.2, -0.15) is 0 Å². The van der Waals surface area contributed by atoms with Gasteiger partial charge in [0, 0.05) is 13.0 Å². The predicted octanol–water partition coefficient (Wildman–Crippen LogP) is 1.91. The van der Waals surface area contributed by atoms with Crippen molar-refractivity contribution in [1.82, 2.24) is 4.90 Å². The first-order valence-electron chi connectivity index (χ1n) is 6.28. The Morgan fingerprint density at radius 2 is 2.11 bits per heavy atom. The summed E-state index contributed by atoms with van der Waals surface area (Å²) in [5.41, 5.74) is 1.07. The molecule has 0 saturated carbocycles. The van der Waals surface area contributed by atoms with Crippen molar-refractivity contribution >= 4 is 23.5 Å². The molecule has 0 aliphatic carbocycles. The van der Waals surface area contributed by atoms with Crippen molar-refractivity contribution in [1.29, 1.82) is 0 Å². The fourth-order valence-corrected chi connectivity index (χ4v) is 2.63. The van der Waals surface area contributed by atoms with Gasteiger partial charge in [0.05, 0.1) is 5.38 Å².